The molecule has 1 nitrogen and oxygen atoms in total. The zero-order valence-electron chi connectivity index (χ0n) is 14.2. The Morgan fingerprint density at radius 2 is 1.74 bits per heavy atom. The van der Waals surface area contributed by atoms with Crippen LogP contribution in [0, 0.1) is 12.3 Å². The predicted octanol–water partition coefficient (Wildman–Crippen LogP) is 2.70. The van der Waals surface area contributed by atoms with Gasteiger partial charge >= 0.3 is 0 Å². The van der Waals surface area contributed by atoms with Gasteiger partial charge in [0.1, 0.15) is 10.6 Å². The SMILES string of the molecule is C#CC[N+](CCCC)(CCCC)C(I)Cc1ccccc1Cl.[Cl-]. The number of unbranched alkanes of at least 4 members (excludes halogenated alkanes) is 2. The van der Waals surface area contributed by atoms with Crippen molar-refractivity contribution in [1.29, 1.82) is 0 Å². The number of benzene rings is 1. The van der Waals surface area contributed by atoms with Crippen LogP contribution in [0.25, 0.3) is 0 Å². The summed E-state index contributed by atoms with van der Waals surface area (Å²) in [5, 5.41) is 0.869. The molecule has 1 atom stereocenters. The molecule has 0 radical (unpaired) electrons. The minimum absolute atomic E-state index is 0. The standard InChI is InChI=1S/C19H28ClIN.ClH/c1-4-7-14-22(13-6-3,15-8-5-2)19(21)16-17-11-9-10-12-18(17)20;/h3,9-12,19H,4-5,7-8,13-16H2,1-2H3;1H/q+1;/p-1. The first kappa shape index (κ1) is 23.1. The van der Waals surface area contributed by atoms with Crippen molar-refractivity contribution in [2.24, 2.45) is 0 Å². The summed E-state index contributed by atoms with van der Waals surface area (Å²) in [4.78, 5) is 0. The number of quaternary nitrogens is 1. The fraction of sp³-hybridized carbons (Fsp3) is 0.579. The van der Waals surface area contributed by atoms with Gasteiger partial charge in [0.05, 0.1) is 13.1 Å². The Hall–Kier alpha value is 0.0500. The summed E-state index contributed by atoms with van der Waals surface area (Å²) in [6.45, 7) is 7.65. The van der Waals surface area contributed by atoms with Crippen LogP contribution in [0.5, 0.6) is 0 Å². The third kappa shape index (κ3) is 7.22. The zero-order valence-corrected chi connectivity index (χ0v) is 17.9. The van der Waals surface area contributed by atoms with E-state index in [4.69, 9.17) is 18.0 Å². The summed E-state index contributed by atoms with van der Waals surface area (Å²) >= 11 is 8.95. The number of terminal acetylenes is 1. The number of alkyl halides is 1. The lowest BCUT2D eigenvalue weighted by Gasteiger charge is -2.41. The van der Waals surface area contributed by atoms with Gasteiger partial charge in [0, 0.05) is 11.4 Å². The van der Waals surface area contributed by atoms with E-state index in [1.54, 1.807) is 0 Å². The normalized spacial score (nSPS) is 12.3. The van der Waals surface area contributed by atoms with E-state index in [9.17, 15) is 0 Å². The molecule has 23 heavy (non-hydrogen) atoms. The third-order valence-electron chi connectivity index (χ3n) is 4.26. The smallest absolute Gasteiger partial charge is 0.144 e. The van der Waals surface area contributed by atoms with E-state index in [1.165, 1.54) is 44.3 Å². The van der Waals surface area contributed by atoms with E-state index in [-0.39, 0.29) is 12.4 Å². The van der Waals surface area contributed by atoms with Crippen molar-refractivity contribution in [3.05, 3.63) is 34.9 Å². The monoisotopic (exact) mass is 467 g/mol. The maximum Gasteiger partial charge on any atom is 0.144 e. The van der Waals surface area contributed by atoms with Crippen LogP contribution < -0.4 is 12.4 Å². The Morgan fingerprint density at radius 1 is 1.17 bits per heavy atom. The molecule has 0 aliphatic carbocycles. The molecule has 0 saturated carbocycles. The number of hydrogen-bond donors (Lipinski definition) is 0. The van der Waals surface area contributed by atoms with Crippen molar-refractivity contribution in [3.8, 4) is 12.3 Å². The molecule has 1 aromatic carbocycles. The molecule has 0 saturated heterocycles. The van der Waals surface area contributed by atoms with Crippen LogP contribution in [0.4, 0.5) is 0 Å². The molecule has 130 valence electrons. The second-order valence-electron chi connectivity index (χ2n) is 5.97. The van der Waals surface area contributed by atoms with E-state index in [0.29, 0.717) is 4.05 Å². The van der Waals surface area contributed by atoms with Crippen molar-refractivity contribution >= 4 is 34.2 Å². The van der Waals surface area contributed by atoms with E-state index >= 15 is 0 Å². The minimum atomic E-state index is 0. The number of hydrogen-bond acceptors (Lipinski definition) is 0. The molecule has 0 aromatic heterocycles. The summed E-state index contributed by atoms with van der Waals surface area (Å²) < 4.78 is 1.48. The van der Waals surface area contributed by atoms with Crippen LogP contribution in [-0.4, -0.2) is 28.2 Å². The highest BCUT2D eigenvalue weighted by Crippen LogP contribution is 2.28. The molecule has 0 N–H and O–H groups in total. The van der Waals surface area contributed by atoms with Crippen LogP contribution in [0.3, 0.4) is 0 Å². The summed E-state index contributed by atoms with van der Waals surface area (Å²) in [6.07, 6.45) is 11.6. The molecule has 0 fully saturated rings. The molecule has 1 aromatic rings. The highest BCUT2D eigenvalue weighted by molar-refractivity contribution is 14.1. The quantitative estimate of drug-likeness (QED) is 0.163. The lowest BCUT2D eigenvalue weighted by Crippen LogP contribution is -3.00. The molecule has 0 heterocycles. The van der Waals surface area contributed by atoms with Crippen molar-refractivity contribution in [2.45, 2.75) is 50.0 Å². The highest BCUT2D eigenvalue weighted by Gasteiger charge is 2.33. The zero-order chi connectivity index (χ0) is 16.4. The maximum atomic E-state index is 6.35. The van der Waals surface area contributed by atoms with Gasteiger partial charge in [0.15, 0.2) is 0 Å². The number of nitrogens with zero attached hydrogens (tertiary/aromatic N) is 1. The van der Waals surface area contributed by atoms with Crippen LogP contribution in [0.1, 0.15) is 45.1 Å². The molecule has 1 unspecified atom stereocenters. The topological polar surface area (TPSA) is 0 Å². The van der Waals surface area contributed by atoms with Crippen LogP contribution in [-0.2, 0) is 6.42 Å². The average molecular weight is 468 g/mol. The second-order valence-corrected chi connectivity index (χ2v) is 7.81. The average Bonchev–Trinajstić information content (AvgIpc) is 2.52. The van der Waals surface area contributed by atoms with E-state index in [0.717, 1.165) is 22.5 Å². The molecule has 0 amide bonds. The first-order chi connectivity index (χ1) is 10.6. The Balaban J connectivity index is 0.00000484. The number of halogens is 3. The minimum Gasteiger partial charge on any atom is -1.00 e. The summed E-state index contributed by atoms with van der Waals surface area (Å²) in [5.41, 5.74) is 1.23. The Bertz CT molecular complexity index is 477. The predicted molar refractivity (Wildman–Crippen MR) is 106 cm³/mol. The molecule has 4 heteroatoms. The van der Waals surface area contributed by atoms with Gasteiger partial charge < -0.3 is 16.9 Å². The van der Waals surface area contributed by atoms with Crippen LogP contribution >= 0.6 is 34.2 Å². The Labute approximate surface area is 167 Å². The summed E-state index contributed by atoms with van der Waals surface area (Å²) in [7, 11) is 0. The molecule has 0 aliphatic rings. The largest absolute Gasteiger partial charge is 1.00 e. The maximum absolute atomic E-state index is 6.35. The molecular weight excluding hydrogens is 440 g/mol. The lowest BCUT2D eigenvalue weighted by molar-refractivity contribution is -0.927. The van der Waals surface area contributed by atoms with Gasteiger partial charge in [-0.2, -0.15) is 0 Å². The Morgan fingerprint density at radius 3 is 2.22 bits per heavy atom. The molecule has 0 bridgehead atoms. The van der Waals surface area contributed by atoms with Gasteiger partial charge in [0.2, 0.25) is 0 Å². The fourth-order valence-corrected chi connectivity index (χ4v) is 4.26. The molecular formula is C19H28Cl2IN. The van der Waals surface area contributed by atoms with Gasteiger partial charge in [-0.05, 0) is 53.0 Å². The second kappa shape index (κ2) is 12.4. The van der Waals surface area contributed by atoms with Crippen molar-refractivity contribution in [1.82, 2.24) is 0 Å². The molecule has 0 spiro atoms. The molecule has 0 aliphatic heterocycles. The van der Waals surface area contributed by atoms with Crippen molar-refractivity contribution in [3.63, 3.8) is 0 Å². The van der Waals surface area contributed by atoms with Crippen molar-refractivity contribution < 1.29 is 16.9 Å². The first-order valence-corrected chi connectivity index (χ1v) is 9.88. The Kier molecular flexibility index (Phi) is 12.4. The highest BCUT2D eigenvalue weighted by atomic mass is 127. The first-order valence-electron chi connectivity index (χ1n) is 8.26. The van der Waals surface area contributed by atoms with Gasteiger partial charge in [-0.25, -0.2) is 0 Å². The van der Waals surface area contributed by atoms with Gasteiger partial charge in [-0.1, -0.05) is 56.5 Å². The summed E-state index contributed by atoms with van der Waals surface area (Å²) in [5.74, 6) is 2.94. The van der Waals surface area contributed by atoms with Gasteiger partial charge in [-0.15, -0.1) is 6.42 Å². The van der Waals surface area contributed by atoms with Gasteiger partial charge in [0.25, 0.3) is 0 Å². The lowest BCUT2D eigenvalue weighted by atomic mass is 10.1. The third-order valence-corrected chi connectivity index (χ3v) is 6.25. The summed E-state index contributed by atoms with van der Waals surface area (Å²) in [6, 6.07) is 8.18. The van der Waals surface area contributed by atoms with E-state index < -0.39 is 0 Å². The molecule has 1 rings (SSSR count). The van der Waals surface area contributed by atoms with Crippen LogP contribution in [0.2, 0.25) is 5.02 Å². The van der Waals surface area contributed by atoms with Crippen molar-refractivity contribution in [2.75, 3.05) is 19.6 Å². The number of rotatable bonds is 10. The van der Waals surface area contributed by atoms with E-state index in [2.05, 4.69) is 54.5 Å². The van der Waals surface area contributed by atoms with Gasteiger partial charge in [-0.3, -0.25) is 0 Å². The van der Waals surface area contributed by atoms with E-state index in [1.807, 2.05) is 12.1 Å². The fourth-order valence-electron chi connectivity index (χ4n) is 2.82. The van der Waals surface area contributed by atoms with Crippen LogP contribution in [0.15, 0.2) is 24.3 Å².